The van der Waals surface area contributed by atoms with Crippen molar-refractivity contribution in [3.63, 3.8) is 0 Å². The van der Waals surface area contributed by atoms with E-state index in [0.29, 0.717) is 0 Å². The molecule has 1 aromatic heterocycles. The Labute approximate surface area is 136 Å². The first kappa shape index (κ1) is 14.5. The van der Waals surface area contributed by atoms with Gasteiger partial charge in [-0.3, -0.25) is 0 Å². The first-order valence-electron chi connectivity index (χ1n) is 8.42. The molecule has 120 valence electrons. The molecule has 0 bridgehead atoms. The Morgan fingerprint density at radius 3 is 2.57 bits per heavy atom. The summed E-state index contributed by atoms with van der Waals surface area (Å²) in [5.41, 5.74) is 3.71. The number of rotatable bonds is 3. The largest absolute Gasteiger partial charge is 0.378 e. The maximum Gasteiger partial charge on any atom is 0.227 e. The Kier molecular flexibility index (Phi) is 3.87. The number of aromatic nitrogens is 2. The fourth-order valence-corrected chi connectivity index (χ4v) is 3.37. The molecule has 0 amide bonds. The molecule has 5 nitrogen and oxygen atoms in total. The molecule has 3 heterocycles. The zero-order chi connectivity index (χ0) is 15.6. The van der Waals surface area contributed by atoms with Gasteiger partial charge in [0.05, 0.1) is 18.9 Å². The lowest BCUT2D eigenvalue weighted by Crippen LogP contribution is -2.37. The molecule has 1 saturated heterocycles. The van der Waals surface area contributed by atoms with E-state index in [4.69, 9.17) is 14.7 Å². The van der Waals surface area contributed by atoms with Gasteiger partial charge in [0.15, 0.2) is 0 Å². The third-order valence-corrected chi connectivity index (χ3v) is 4.60. The number of benzene rings is 1. The average molecular weight is 310 g/mol. The van der Waals surface area contributed by atoms with Crippen molar-refractivity contribution in [2.75, 3.05) is 42.6 Å². The van der Waals surface area contributed by atoms with Crippen molar-refractivity contribution in [2.45, 2.75) is 19.8 Å². The summed E-state index contributed by atoms with van der Waals surface area (Å²) >= 11 is 0. The van der Waals surface area contributed by atoms with Gasteiger partial charge in [-0.2, -0.15) is 4.98 Å². The lowest BCUT2D eigenvalue weighted by Gasteiger charge is -2.28. The summed E-state index contributed by atoms with van der Waals surface area (Å²) in [5.74, 6) is 1.94. The van der Waals surface area contributed by atoms with Crippen molar-refractivity contribution in [2.24, 2.45) is 0 Å². The zero-order valence-corrected chi connectivity index (χ0v) is 13.5. The van der Waals surface area contributed by atoms with Gasteiger partial charge in [0.1, 0.15) is 5.82 Å². The minimum atomic E-state index is 0.754. The zero-order valence-electron chi connectivity index (χ0n) is 13.5. The number of anilines is 3. The van der Waals surface area contributed by atoms with Gasteiger partial charge in [-0.25, -0.2) is 4.98 Å². The van der Waals surface area contributed by atoms with Crippen LogP contribution in [0.1, 0.15) is 18.2 Å². The third kappa shape index (κ3) is 2.65. The van der Waals surface area contributed by atoms with E-state index in [0.717, 1.165) is 57.5 Å². The van der Waals surface area contributed by atoms with Crippen molar-refractivity contribution < 1.29 is 4.74 Å². The predicted molar refractivity (Wildman–Crippen MR) is 91.6 cm³/mol. The van der Waals surface area contributed by atoms with E-state index in [1.165, 1.54) is 16.9 Å². The van der Waals surface area contributed by atoms with Crippen molar-refractivity contribution >= 4 is 17.5 Å². The van der Waals surface area contributed by atoms with Crippen LogP contribution < -0.4 is 9.80 Å². The second-order valence-corrected chi connectivity index (χ2v) is 5.96. The summed E-state index contributed by atoms with van der Waals surface area (Å²) in [5, 5.41) is 0. The van der Waals surface area contributed by atoms with Crippen LogP contribution >= 0.6 is 0 Å². The van der Waals surface area contributed by atoms with Gasteiger partial charge in [-0.05, 0) is 25.0 Å². The van der Waals surface area contributed by atoms with Gasteiger partial charge >= 0.3 is 0 Å². The fourth-order valence-electron chi connectivity index (χ4n) is 3.37. The summed E-state index contributed by atoms with van der Waals surface area (Å²) in [6.45, 7) is 6.40. The normalized spacial score (nSPS) is 17.4. The van der Waals surface area contributed by atoms with Crippen LogP contribution in [0, 0.1) is 0 Å². The van der Waals surface area contributed by atoms with Gasteiger partial charge in [0.2, 0.25) is 5.95 Å². The number of ether oxygens (including phenoxy) is 1. The van der Waals surface area contributed by atoms with Gasteiger partial charge in [0, 0.05) is 30.9 Å². The van der Waals surface area contributed by atoms with Crippen LogP contribution in [0.25, 0.3) is 0 Å². The van der Waals surface area contributed by atoms with E-state index >= 15 is 0 Å². The Morgan fingerprint density at radius 1 is 1.04 bits per heavy atom. The first-order valence-corrected chi connectivity index (χ1v) is 8.42. The molecule has 0 atom stereocenters. The van der Waals surface area contributed by atoms with Crippen molar-refractivity contribution in [1.82, 2.24) is 9.97 Å². The summed E-state index contributed by atoms with van der Waals surface area (Å²) < 4.78 is 5.45. The van der Waals surface area contributed by atoms with Crippen LogP contribution in [0.15, 0.2) is 30.3 Å². The molecule has 5 heteroatoms. The molecular formula is C18H22N4O. The van der Waals surface area contributed by atoms with Crippen molar-refractivity contribution in [1.29, 1.82) is 0 Å². The molecule has 2 aliphatic rings. The molecule has 1 aromatic carbocycles. The molecule has 0 saturated carbocycles. The van der Waals surface area contributed by atoms with Crippen LogP contribution in [0.5, 0.6) is 0 Å². The number of aryl methyl sites for hydroxylation is 1. The monoisotopic (exact) mass is 310 g/mol. The molecule has 2 aromatic rings. The number of fused-ring (bicyclic) bond motifs is 1. The highest BCUT2D eigenvalue weighted by atomic mass is 16.5. The SMILES string of the molecule is CCc1nc(N2CCOCC2)nc2c1CCN2c1ccccc1. The van der Waals surface area contributed by atoms with Crippen LogP contribution in [-0.2, 0) is 17.6 Å². The molecular weight excluding hydrogens is 288 g/mol. The van der Waals surface area contributed by atoms with E-state index < -0.39 is 0 Å². The lowest BCUT2D eigenvalue weighted by atomic mass is 10.1. The highest BCUT2D eigenvalue weighted by Gasteiger charge is 2.27. The minimum Gasteiger partial charge on any atom is -0.378 e. The molecule has 0 spiro atoms. The molecule has 0 unspecified atom stereocenters. The quantitative estimate of drug-likeness (QED) is 0.871. The third-order valence-electron chi connectivity index (χ3n) is 4.60. The van der Waals surface area contributed by atoms with E-state index in [1.807, 2.05) is 0 Å². The molecule has 0 N–H and O–H groups in total. The number of nitrogens with zero attached hydrogens (tertiary/aromatic N) is 4. The number of hydrogen-bond donors (Lipinski definition) is 0. The highest BCUT2D eigenvalue weighted by molar-refractivity contribution is 5.68. The summed E-state index contributed by atoms with van der Waals surface area (Å²) in [6.07, 6.45) is 1.97. The molecule has 2 aliphatic heterocycles. The van der Waals surface area contributed by atoms with Crippen LogP contribution in [0.3, 0.4) is 0 Å². The standard InChI is InChI=1S/C18H22N4O/c1-2-16-15-8-9-22(14-6-4-3-5-7-14)17(15)20-18(19-16)21-10-12-23-13-11-21/h3-7H,2,8-13H2,1H3. The second kappa shape index (κ2) is 6.16. The summed E-state index contributed by atoms with van der Waals surface area (Å²) in [6, 6.07) is 10.5. The average Bonchev–Trinajstić information content (AvgIpc) is 3.06. The highest BCUT2D eigenvalue weighted by Crippen LogP contribution is 2.35. The smallest absolute Gasteiger partial charge is 0.227 e. The topological polar surface area (TPSA) is 41.5 Å². The van der Waals surface area contributed by atoms with Crippen molar-refractivity contribution in [3.8, 4) is 0 Å². The Morgan fingerprint density at radius 2 is 1.83 bits per heavy atom. The molecule has 23 heavy (non-hydrogen) atoms. The summed E-state index contributed by atoms with van der Waals surface area (Å²) in [7, 11) is 0. The van der Waals surface area contributed by atoms with Gasteiger partial charge < -0.3 is 14.5 Å². The van der Waals surface area contributed by atoms with E-state index in [-0.39, 0.29) is 0 Å². The first-order chi connectivity index (χ1) is 11.4. The molecule has 0 radical (unpaired) electrons. The molecule has 4 rings (SSSR count). The van der Waals surface area contributed by atoms with Gasteiger partial charge in [0.25, 0.3) is 0 Å². The second-order valence-electron chi connectivity index (χ2n) is 5.96. The van der Waals surface area contributed by atoms with Crippen LogP contribution in [0.2, 0.25) is 0 Å². The molecule has 1 fully saturated rings. The van der Waals surface area contributed by atoms with Crippen LogP contribution in [0.4, 0.5) is 17.5 Å². The molecule has 0 aliphatic carbocycles. The lowest BCUT2D eigenvalue weighted by molar-refractivity contribution is 0.122. The number of para-hydroxylation sites is 1. The van der Waals surface area contributed by atoms with Gasteiger partial charge in [-0.1, -0.05) is 25.1 Å². The van der Waals surface area contributed by atoms with E-state index in [1.54, 1.807) is 0 Å². The number of morpholine rings is 1. The van der Waals surface area contributed by atoms with E-state index in [9.17, 15) is 0 Å². The maximum atomic E-state index is 5.45. The number of hydrogen-bond acceptors (Lipinski definition) is 5. The van der Waals surface area contributed by atoms with E-state index in [2.05, 4.69) is 47.1 Å². The maximum absolute atomic E-state index is 5.45. The van der Waals surface area contributed by atoms with Crippen molar-refractivity contribution in [3.05, 3.63) is 41.6 Å². The Bertz CT molecular complexity index is 683. The fraction of sp³-hybridized carbons (Fsp3) is 0.444. The van der Waals surface area contributed by atoms with Crippen LogP contribution in [-0.4, -0.2) is 42.8 Å². The minimum absolute atomic E-state index is 0.754. The summed E-state index contributed by atoms with van der Waals surface area (Å²) in [4.78, 5) is 14.3. The van der Waals surface area contributed by atoms with Gasteiger partial charge in [-0.15, -0.1) is 0 Å². The Balaban J connectivity index is 1.75. The predicted octanol–water partition coefficient (Wildman–Crippen LogP) is 2.57. The Hall–Kier alpha value is -2.14.